The molecule has 0 fully saturated rings. The third kappa shape index (κ3) is 25.8. The zero-order valence-corrected chi connectivity index (χ0v) is 30.5. The number of benzene rings is 1. The van der Waals surface area contributed by atoms with Crippen LogP contribution >= 0.6 is 0 Å². The molecule has 0 aromatic heterocycles. The fourth-order valence-electron chi connectivity index (χ4n) is 3.83. The van der Waals surface area contributed by atoms with E-state index >= 15 is 0 Å². The maximum Gasteiger partial charge on any atom is 0.258 e. The van der Waals surface area contributed by atoms with Crippen molar-refractivity contribution in [3.05, 3.63) is 23.8 Å². The predicted molar refractivity (Wildman–Crippen MR) is 188 cm³/mol. The number of hydrogen-bond acceptors (Lipinski definition) is 16. The highest BCUT2D eigenvalue weighted by Gasteiger charge is 2.17. The first-order valence-electron chi connectivity index (χ1n) is 16.7. The lowest BCUT2D eigenvalue weighted by Crippen LogP contribution is -2.44. The molecule has 0 saturated heterocycles. The molecule has 0 aliphatic carbocycles. The molecule has 0 bridgehead atoms. The van der Waals surface area contributed by atoms with Crippen LogP contribution in [0.4, 0.5) is 0 Å². The van der Waals surface area contributed by atoms with Crippen LogP contribution in [0.3, 0.4) is 0 Å². The molecule has 302 valence electrons. The number of aryl methyl sites for hydroxylation is 1. The minimum atomic E-state index is -0.645. The van der Waals surface area contributed by atoms with E-state index in [4.69, 9.17) is 51.8 Å². The molecule has 0 saturated carbocycles. The quantitative estimate of drug-likeness (QED) is 0.0170. The minimum absolute atomic E-state index is 0.00678. The molecule has 6 amide bonds. The lowest BCUT2D eigenvalue weighted by Gasteiger charge is -2.20. The number of carbonyl (C=O) groups is 6. The first-order valence-corrected chi connectivity index (χ1v) is 16.7. The van der Waals surface area contributed by atoms with Crippen molar-refractivity contribution in [1.82, 2.24) is 32.3 Å². The van der Waals surface area contributed by atoms with Crippen molar-refractivity contribution in [1.29, 1.82) is 0 Å². The van der Waals surface area contributed by atoms with Crippen molar-refractivity contribution in [2.24, 2.45) is 23.4 Å². The van der Waals surface area contributed by atoms with Crippen LogP contribution in [-0.4, -0.2) is 114 Å². The number of nitrogens with one attached hydrogen (secondary N) is 6. The van der Waals surface area contributed by atoms with E-state index in [0.29, 0.717) is 5.56 Å². The van der Waals surface area contributed by atoms with Crippen LogP contribution in [0, 0.1) is 6.92 Å². The normalized spacial score (nSPS) is 10.4. The Balaban J connectivity index is 0.0000133. The first-order chi connectivity index (χ1) is 25.5. The summed E-state index contributed by atoms with van der Waals surface area (Å²) in [6.07, 6.45) is 0.0334. The van der Waals surface area contributed by atoms with Crippen LogP contribution in [0.2, 0.25) is 0 Å². The summed E-state index contributed by atoms with van der Waals surface area (Å²) in [6.45, 7) is 5.11. The number of rotatable bonds is 28. The van der Waals surface area contributed by atoms with Gasteiger partial charge in [0.1, 0.15) is 11.5 Å². The van der Waals surface area contributed by atoms with Crippen LogP contribution in [0.25, 0.3) is 0 Å². The van der Waals surface area contributed by atoms with Gasteiger partial charge >= 0.3 is 0 Å². The van der Waals surface area contributed by atoms with Crippen molar-refractivity contribution < 1.29 is 57.2 Å². The molecular formula is C31H56N10O12. The Morgan fingerprint density at radius 3 is 1.06 bits per heavy atom. The summed E-state index contributed by atoms with van der Waals surface area (Å²) in [6, 6.07) is 3.53. The Bertz CT molecular complexity index is 1110. The summed E-state index contributed by atoms with van der Waals surface area (Å²) < 4.78 is 33.1. The Morgan fingerprint density at radius 1 is 0.509 bits per heavy atom. The largest absolute Gasteiger partial charge is 0.484 e. The first kappa shape index (κ1) is 48.3. The molecule has 0 radical (unpaired) electrons. The predicted octanol–water partition coefficient (Wildman–Crippen LogP) is -3.67. The molecule has 1 aromatic rings. The summed E-state index contributed by atoms with van der Waals surface area (Å²) in [5, 5.41) is 5.42. The second kappa shape index (κ2) is 30.9. The van der Waals surface area contributed by atoms with Crippen molar-refractivity contribution in [2.45, 2.75) is 58.5 Å². The van der Waals surface area contributed by atoms with E-state index in [-0.39, 0.29) is 90.0 Å². The van der Waals surface area contributed by atoms with Crippen LogP contribution in [0.15, 0.2) is 18.2 Å². The number of hydrazine groups is 4. The second-order valence-corrected chi connectivity index (χ2v) is 10.7. The van der Waals surface area contributed by atoms with Crippen molar-refractivity contribution >= 4 is 35.4 Å². The average molecular weight is 761 g/mol. The smallest absolute Gasteiger partial charge is 0.258 e. The SMILES string of the molecule is CC.Cc1cc(OCC(=O)NC(COCCC(=O)NN)COCCC(=O)NN)cc(OCC(=O)NC(COCCC(=O)NN)COCCC(=O)NN)c1. The molecule has 0 aliphatic rings. The Labute approximate surface area is 308 Å². The summed E-state index contributed by atoms with van der Waals surface area (Å²) in [7, 11) is 0. The lowest BCUT2D eigenvalue weighted by atomic mass is 10.2. The van der Waals surface area contributed by atoms with Gasteiger partial charge < -0.3 is 39.1 Å². The van der Waals surface area contributed by atoms with E-state index in [0.717, 1.165) is 0 Å². The van der Waals surface area contributed by atoms with Crippen LogP contribution < -0.4 is 65.2 Å². The van der Waals surface area contributed by atoms with E-state index in [1.54, 1.807) is 19.1 Å². The number of ether oxygens (including phenoxy) is 6. The van der Waals surface area contributed by atoms with Crippen molar-refractivity contribution in [2.75, 3.05) is 66.1 Å². The van der Waals surface area contributed by atoms with Gasteiger partial charge in [0.05, 0.1) is 90.6 Å². The number of carbonyl (C=O) groups excluding carboxylic acids is 6. The molecule has 0 atom stereocenters. The van der Waals surface area contributed by atoms with Crippen molar-refractivity contribution in [3.8, 4) is 11.5 Å². The zero-order chi connectivity index (χ0) is 39.9. The molecule has 22 nitrogen and oxygen atoms in total. The van der Waals surface area contributed by atoms with Gasteiger partial charge in [-0.1, -0.05) is 13.8 Å². The summed E-state index contributed by atoms with van der Waals surface area (Å²) in [4.78, 5) is 70.7. The highest BCUT2D eigenvalue weighted by molar-refractivity contribution is 5.79. The molecule has 22 heteroatoms. The van der Waals surface area contributed by atoms with E-state index in [9.17, 15) is 28.8 Å². The van der Waals surface area contributed by atoms with Gasteiger partial charge in [-0.25, -0.2) is 23.4 Å². The van der Waals surface area contributed by atoms with E-state index < -0.39 is 60.7 Å². The molecule has 0 unspecified atom stereocenters. The number of hydrogen-bond donors (Lipinski definition) is 10. The Morgan fingerprint density at radius 2 is 0.792 bits per heavy atom. The van der Waals surface area contributed by atoms with E-state index in [2.05, 4.69) is 10.6 Å². The third-order valence-corrected chi connectivity index (χ3v) is 6.31. The van der Waals surface area contributed by atoms with Gasteiger partial charge in [0, 0.05) is 6.07 Å². The Hall–Kier alpha value is -4.68. The molecule has 0 spiro atoms. The summed E-state index contributed by atoms with van der Waals surface area (Å²) in [5.74, 6) is 18.1. The topological polar surface area (TPSA) is 334 Å². The van der Waals surface area contributed by atoms with Crippen molar-refractivity contribution in [3.63, 3.8) is 0 Å². The minimum Gasteiger partial charge on any atom is -0.484 e. The van der Waals surface area contributed by atoms with Crippen LogP contribution in [0.1, 0.15) is 45.1 Å². The van der Waals surface area contributed by atoms with E-state index in [1.165, 1.54) is 6.07 Å². The molecule has 0 aliphatic heterocycles. The standard InChI is InChI=1S/C29H50N10O12.C2H6/c1-19-10-22(50-17-28(44)34-20(13-46-6-2-24(40)36-30)14-47-7-3-25(41)37-31)12-23(11-19)51-18-29(45)35-21(15-48-8-4-26(42)38-32)16-49-9-5-27(43)39-33;1-2/h10-12,20-21H,2-9,13-18,30-33H2,1H3,(H,34,44)(H,35,45)(H,36,40)(H,37,41)(H,38,42)(H,39,43);1-2H3. The summed E-state index contributed by atoms with van der Waals surface area (Å²) in [5.41, 5.74) is 8.67. The second-order valence-electron chi connectivity index (χ2n) is 10.7. The summed E-state index contributed by atoms with van der Waals surface area (Å²) >= 11 is 0. The van der Waals surface area contributed by atoms with E-state index in [1.807, 2.05) is 35.6 Å². The van der Waals surface area contributed by atoms with Gasteiger partial charge in [-0.3, -0.25) is 50.5 Å². The van der Waals surface area contributed by atoms with Gasteiger partial charge in [-0.2, -0.15) is 0 Å². The molecule has 14 N–H and O–H groups in total. The highest BCUT2D eigenvalue weighted by atomic mass is 16.5. The highest BCUT2D eigenvalue weighted by Crippen LogP contribution is 2.22. The fourth-order valence-corrected chi connectivity index (χ4v) is 3.83. The van der Waals surface area contributed by atoms with Gasteiger partial charge in [0.2, 0.25) is 23.6 Å². The molecule has 1 rings (SSSR count). The monoisotopic (exact) mass is 760 g/mol. The maximum atomic E-state index is 12.7. The zero-order valence-electron chi connectivity index (χ0n) is 30.5. The molecule has 0 heterocycles. The van der Waals surface area contributed by atoms with Crippen LogP contribution in [-0.2, 0) is 47.7 Å². The molecule has 1 aromatic carbocycles. The Kier molecular flexibility index (Phi) is 28.2. The van der Waals surface area contributed by atoms with Gasteiger partial charge in [0.15, 0.2) is 13.2 Å². The number of nitrogens with two attached hydrogens (primary N) is 4. The molecular weight excluding hydrogens is 704 g/mol. The fraction of sp³-hybridized carbons (Fsp3) is 0.613. The van der Waals surface area contributed by atoms with Gasteiger partial charge in [-0.15, -0.1) is 0 Å². The maximum absolute atomic E-state index is 12.7. The van der Waals surface area contributed by atoms with Crippen LogP contribution in [0.5, 0.6) is 11.5 Å². The third-order valence-electron chi connectivity index (χ3n) is 6.31. The number of amides is 6. The van der Waals surface area contributed by atoms with Gasteiger partial charge in [0.25, 0.3) is 11.8 Å². The lowest BCUT2D eigenvalue weighted by molar-refractivity contribution is -0.126. The average Bonchev–Trinajstić information content (AvgIpc) is 3.16. The van der Waals surface area contributed by atoms with Gasteiger partial charge in [-0.05, 0) is 24.6 Å². The molecule has 53 heavy (non-hydrogen) atoms.